The lowest BCUT2D eigenvalue weighted by Gasteiger charge is -2.04. The number of rotatable bonds is 2. The molecule has 0 atom stereocenters. The maximum Gasteiger partial charge on any atom is 0.119 e. The molecule has 0 amide bonds. The average molecular weight is 264 g/mol. The summed E-state index contributed by atoms with van der Waals surface area (Å²) in [4.78, 5) is 4.09. The fourth-order valence-corrected chi connectivity index (χ4v) is 1.75. The van der Waals surface area contributed by atoms with Crippen LogP contribution in [-0.4, -0.2) is 12.1 Å². The maximum absolute atomic E-state index is 5.18. The van der Waals surface area contributed by atoms with Crippen LogP contribution in [0.25, 0.3) is 11.1 Å². The van der Waals surface area contributed by atoms with Gasteiger partial charge in [-0.2, -0.15) is 0 Å². The molecule has 0 aliphatic heterocycles. The molecule has 2 aromatic rings. The summed E-state index contributed by atoms with van der Waals surface area (Å²) >= 11 is 3.35. The molecule has 0 spiro atoms. The zero-order valence-corrected chi connectivity index (χ0v) is 9.86. The molecule has 0 fully saturated rings. The Hall–Kier alpha value is -1.35. The van der Waals surface area contributed by atoms with Crippen molar-refractivity contribution in [3.63, 3.8) is 0 Å². The standard InChI is InChI=1S/C12H10BrNO/c1-15-11-4-2-3-9(7-11)10-5-6-14-12(13)8-10/h2-8H,1H3. The van der Waals surface area contributed by atoms with E-state index in [0.29, 0.717) is 0 Å². The van der Waals surface area contributed by atoms with Crippen LogP contribution in [0, 0.1) is 0 Å². The van der Waals surface area contributed by atoms with Crippen LogP contribution >= 0.6 is 15.9 Å². The Bertz CT molecular complexity index is 471. The normalized spacial score (nSPS) is 10.0. The number of nitrogens with zero attached hydrogens (tertiary/aromatic N) is 1. The number of ether oxygens (including phenoxy) is 1. The van der Waals surface area contributed by atoms with Crippen molar-refractivity contribution >= 4 is 15.9 Å². The molecule has 0 N–H and O–H groups in total. The first-order valence-corrected chi connectivity index (χ1v) is 5.35. The van der Waals surface area contributed by atoms with Gasteiger partial charge in [-0.05, 0) is 51.3 Å². The third-order valence-corrected chi connectivity index (χ3v) is 2.56. The highest BCUT2D eigenvalue weighted by atomic mass is 79.9. The zero-order chi connectivity index (χ0) is 10.7. The van der Waals surface area contributed by atoms with Crippen molar-refractivity contribution < 1.29 is 4.74 Å². The van der Waals surface area contributed by atoms with Gasteiger partial charge in [-0.3, -0.25) is 0 Å². The highest BCUT2D eigenvalue weighted by Gasteiger charge is 2.00. The summed E-state index contributed by atoms with van der Waals surface area (Å²) < 4.78 is 6.02. The van der Waals surface area contributed by atoms with Gasteiger partial charge >= 0.3 is 0 Å². The van der Waals surface area contributed by atoms with Crippen molar-refractivity contribution in [2.45, 2.75) is 0 Å². The van der Waals surface area contributed by atoms with Gasteiger partial charge in [0, 0.05) is 6.20 Å². The molecule has 15 heavy (non-hydrogen) atoms. The van der Waals surface area contributed by atoms with E-state index in [9.17, 15) is 0 Å². The van der Waals surface area contributed by atoms with E-state index in [0.717, 1.165) is 21.5 Å². The smallest absolute Gasteiger partial charge is 0.119 e. The van der Waals surface area contributed by atoms with E-state index in [4.69, 9.17) is 4.74 Å². The first-order valence-electron chi connectivity index (χ1n) is 4.55. The lowest BCUT2D eigenvalue weighted by atomic mass is 10.1. The van der Waals surface area contributed by atoms with Crippen LogP contribution in [0.15, 0.2) is 47.2 Å². The second-order valence-corrected chi connectivity index (χ2v) is 3.91. The summed E-state index contributed by atoms with van der Waals surface area (Å²) in [5.74, 6) is 0.862. The van der Waals surface area contributed by atoms with Crippen LogP contribution in [0.5, 0.6) is 5.75 Å². The Balaban J connectivity index is 2.44. The van der Waals surface area contributed by atoms with Crippen molar-refractivity contribution in [1.29, 1.82) is 0 Å². The van der Waals surface area contributed by atoms with Gasteiger partial charge in [0.1, 0.15) is 10.4 Å². The number of aromatic nitrogens is 1. The SMILES string of the molecule is COc1cccc(-c2ccnc(Br)c2)c1. The fraction of sp³-hybridized carbons (Fsp3) is 0.0833. The monoisotopic (exact) mass is 263 g/mol. The predicted molar refractivity (Wildman–Crippen MR) is 63.9 cm³/mol. The highest BCUT2D eigenvalue weighted by molar-refractivity contribution is 9.10. The number of hydrogen-bond acceptors (Lipinski definition) is 2. The lowest BCUT2D eigenvalue weighted by Crippen LogP contribution is -1.84. The van der Waals surface area contributed by atoms with Crippen LogP contribution in [0.2, 0.25) is 0 Å². The molecule has 0 aliphatic rings. The topological polar surface area (TPSA) is 22.1 Å². The highest BCUT2D eigenvalue weighted by Crippen LogP contribution is 2.24. The molecule has 2 rings (SSSR count). The summed E-state index contributed by atoms with van der Waals surface area (Å²) in [5.41, 5.74) is 2.24. The zero-order valence-electron chi connectivity index (χ0n) is 8.27. The van der Waals surface area contributed by atoms with Crippen molar-refractivity contribution in [2.24, 2.45) is 0 Å². The molecule has 3 heteroatoms. The van der Waals surface area contributed by atoms with Crippen LogP contribution in [0.3, 0.4) is 0 Å². The van der Waals surface area contributed by atoms with Crippen LogP contribution in [-0.2, 0) is 0 Å². The van der Waals surface area contributed by atoms with E-state index in [1.54, 1.807) is 13.3 Å². The van der Waals surface area contributed by atoms with Crippen LogP contribution in [0.1, 0.15) is 0 Å². The molecular formula is C12H10BrNO. The minimum atomic E-state index is 0.836. The molecule has 0 saturated carbocycles. The quantitative estimate of drug-likeness (QED) is 0.774. The minimum absolute atomic E-state index is 0.836. The largest absolute Gasteiger partial charge is 0.497 e. The minimum Gasteiger partial charge on any atom is -0.497 e. The second kappa shape index (κ2) is 4.45. The molecule has 76 valence electrons. The maximum atomic E-state index is 5.18. The summed E-state index contributed by atoms with van der Waals surface area (Å²) in [5, 5.41) is 0. The van der Waals surface area contributed by atoms with Gasteiger partial charge < -0.3 is 4.74 Å². The number of hydrogen-bond donors (Lipinski definition) is 0. The molecule has 0 unspecified atom stereocenters. The summed E-state index contributed by atoms with van der Waals surface area (Å²) in [7, 11) is 1.67. The van der Waals surface area contributed by atoms with Gasteiger partial charge in [0.15, 0.2) is 0 Å². The second-order valence-electron chi connectivity index (χ2n) is 3.10. The number of methoxy groups -OCH3 is 1. The van der Waals surface area contributed by atoms with Gasteiger partial charge in [0.2, 0.25) is 0 Å². The van der Waals surface area contributed by atoms with Gasteiger partial charge in [-0.1, -0.05) is 12.1 Å². The Morgan fingerprint density at radius 2 is 1.93 bits per heavy atom. The molecule has 0 saturated heterocycles. The average Bonchev–Trinajstić information content (AvgIpc) is 2.29. The molecule has 1 aromatic heterocycles. The van der Waals surface area contributed by atoms with E-state index in [1.165, 1.54) is 0 Å². The molecule has 0 radical (unpaired) electrons. The third kappa shape index (κ3) is 2.36. The van der Waals surface area contributed by atoms with Gasteiger partial charge in [-0.25, -0.2) is 4.98 Å². The molecule has 0 bridgehead atoms. The van der Waals surface area contributed by atoms with E-state index < -0.39 is 0 Å². The van der Waals surface area contributed by atoms with Crippen molar-refractivity contribution in [1.82, 2.24) is 4.98 Å². The van der Waals surface area contributed by atoms with Gasteiger partial charge in [0.25, 0.3) is 0 Å². The van der Waals surface area contributed by atoms with Crippen molar-refractivity contribution in [3.05, 3.63) is 47.2 Å². The Kier molecular flexibility index (Phi) is 3.02. The van der Waals surface area contributed by atoms with Gasteiger partial charge in [0.05, 0.1) is 7.11 Å². The van der Waals surface area contributed by atoms with Crippen molar-refractivity contribution in [2.75, 3.05) is 7.11 Å². The summed E-state index contributed by atoms with van der Waals surface area (Å²) in [6.45, 7) is 0. The lowest BCUT2D eigenvalue weighted by molar-refractivity contribution is 0.415. The van der Waals surface area contributed by atoms with E-state index in [2.05, 4.69) is 20.9 Å². The molecule has 0 aliphatic carbocycles. The molecular weight excluding hydrogens is 254 g/mol. The predicted octanol–water partition coefficient (Wildman–Crippen LogP) is 3.52. The number of halogens is 1. The number of pyridine rings is 1. The Morgan fingerprint density at radius 1 is 1.13 bits per heavy atom. The van der Waals surface area contributed by atoms with Crippen LogP contribution in [0.4, 0.5) is 0 Å². The van der Waals surface area contributed by atoms with E-state index >= 15 is 0 Å². The molecule has 2 nitrogen and oxygen atoms in total. The van der Waals surface area contributed by atoms with Crippen LogP contribution < -0.4 is 4.74 Å². The Morgan fingerprint density at radius 3 is 2.67 bits per heavy atom. The van der Waals surface area contributed by atoms with E-state index in [-0.39, 0.29) is 0 Å². The summed E-state index contributed by atoms with van der Waals surface area (Å²) in [6.07, 6.45) is 1.78. The first-order chi connectivity index (χ1) is 7.29. The van der Waals surface area contributed by atoms with Gasteiger partial charge in [-0.15, -0.1) is 0 Å². The Labute approximate surface area is 97.1 Å². The van der Waals surface area contributed by atoms with E-state index in [1.807, 2.05) is 36.4 Å². The molecule has 1 aromatic carbocycles. The summed E-state index contributed by atoms with van der Waals surface area (Å²) in [6, 6.07) is 11.9. The molecule has 1 heterocycles. The third-order valence-electron chi connectivity index (χ3n) is 2.13. The first kappa shape index (κ1) is 10.2. The number of benzene rings is 1. The van der Waals surface area contributed by atoms with Crippen molar-refractivity contribution in [3.8, 4) is 16.9 Å². The fourth-order valence-electron chi connectivity index (χ4n) is 1.38.